The fourth-order valence-electron chi connectivity index (χ4n) is 4.25. The van der Waals surface area contributed by atoms with Gasteiger partial charge in [0.25, 0.3) is 0 Å². The van der Waals surface area contributed by atoms with E-state index in [9.17, 15) is 18.7 Å². The largest absolute Gasteiger partial charge is 0.465 e. The third kappa shape index (κ3) is 3.65. The van der Waals surface area contributed by atoms with Gasteiger partial charge in [0, 0.05) is 25.4 Å². The van der Waals surface area contributed by atoms with Crippen molar-refractivity contribution in [1.82, 2.24) is 4.90 Å². The summed E-state index contributed by atoms with van der Waals surface area (Å²) in [6.45, 7) is 0.432. The number of hydrogen-bond acceptors (Lipinski definition) is 1. The topological polar surface area (TPSA) is 40.5 Å². The maximum atomic E-state index is 13.8. The molecule has 1 N–H and O–H groups in total. The first-order chi connectivity index (χ1) is 11.0. The zero-order valence-electron chi connectivity index (χ0n) is 13.1. The van der Waals surface area contributed by atoms with Crippen LogP contribution in [0.1, 0.15) is 50.0 Å². The maximum absolute atomic E-state index is 13.8. The summed E-state index contributed by atoms with van der Waals surface area (Å²) in [5.74, 6) is -2.62. The van der Waals surface area contributed by atoms with Gasteiger partial charge >= 0.3 is 6.09 Å². The molecule has 1 aliphatic heterocycles. The number of benzene rings is 1. The molecule has 0 aromatic heterocycles. The minimum Gasteiger partial charge on any atom is -0.465 e. The molecule has 3 atom stereocenters. The minimum absolute atomic E-state index is 0.0641. The fourth-order valence-corrected chi connectivity index (χ4v) is 4.25. The lowest BCUT2D eigenvalue weighted by atomic mass is 9.74. The van der Waals surface area contributed by atoms with E-state index in [1.165, 1.54) is 10.5 Å². The van der Waals surface area contributed by atoms with E-state index in [4.69, 9.17) is 0 Å². The first-order valence-electron chi connectivity index (χ1n) is 8.38. The highest BCUT2D eigenvalue weighted by atomic mass is 19.3. The maximum Gasteiger partial charge on any atom is 0.407 e. The highest BCUT2D eigenvalue weighted by Gasteiger charge is 2.44. The first-order valence-corrected chi connectivity index (χ1v) is 8.38. The summed E-state index contributed by atoms with van der Waals surface area (Å²) in [7, 11) is 0. The van der Waals surface area contributed by atoms with Crippen LogP contribution in [0.3, 0.4) is 0 Å². The van der Waals surface area contributed by atoms with Gasteiger partial charge in [0.15, 0.2) is 0 Å². The monoisotopic (exact) mass is 323 g/mol. The van der Waals surface area contributed by atoms with Gasteiger partial charge in [-0.1, -0.05) is 30.3 Å². The van der Waals surface area contributed by atoms with E-state index in [0.29, 0.717) is 25.8 Å². The lowest BCUT2D eigenvalue weighted by Crippen LogP contribution is -2.50. The molecule has 1 aromatic rings. The van der Waals surface area contributed by atoms with Gasteiger partial charge in [0.05, 0.1) is 0 Å². The van der Waals surface area contributed by atoms with E-state index >= 15 is 0 Å². The molecule has 3 nitrogen and oxygen atoms in total. The van der Waals surface area contributed by atoms with Crippen molar-refractivity contribution in [2.24, 2.45) is 5.92 Å². The van der Waals surface area contributed by atoms with Crippen molar-refractivity contribution in [3.05, 3.63) is 35.9 Å². The second-order valence-corrected chi connectivity index (χ2v) is 6.89. The summed E-state index contributed by atoms with van der Waals surface area (Å²) in [4.78, 5) is 13.0. The number of hydrogen-bond donors (Lipinski definition) is 1. The molecule has 1 aliphatic carbocycles. The Balaban J connectivity index is 1.79. The molecule has 23 heavy (non-hydrogen) atoms. The Kier molecular flexibility index (Phi) is 4.55. The van der Waals surface area contributed by atoms with Gasteiger partial charge in [0.2, 0.25) is 5.92 Å². The summed E-state index contributed by atoms with van der Waals surface area (Å²) in [5.41, 5.74) is 1.19. The second-order valence-electron chi connectivity index (χ2n) is 6.89. The number of amides is 1. The normalized spacial score (nSPS) is 30.9. The van der Waals surface area contributed by atoms with Crippen LogP contribution < -0.4 is 0 Å². The smallest absolute Gasteiger partial charge is 0.407 e. The molecule has 3 rings (SSSR count). The Morgan fingerprint density at radius 1 is 1.22 bits per heavy atom. The van der Waals surface area contributed by atoms with E-state index in [-0.39, 0.29) is 30.7 Å². The third-order valence-electron chi connectivity index (χ3n) is 5.38. The van der Waals surface area contributed by atoms with E-state index in [1.807, 2.05) is 30.3 Å². The van der Waals surface area contributed by atoms with Gasteiger partial charge in [0.1, 0.15) is 0 Å². The summed E-state index contributed by atoms with van der Waals surface area (Å²) < 4.78 is 27.6. The number of carboxylic acid groups (broad SMARTS) is 1. The average molecular weight is 323 g/mol. The predicted octanol–water partition coefficient (Wildman–Crippen LogP) is 4.74. The first kappa shape index (κ1) is 16.2. The molecule has 5 heteroatoms. The number of nitrogens with zero attached hydrogens (tertiary/aromatic N) is 1. The van der Waals surface area contributed by atoms with Crippen LogP contribution in [-0.4, -0.2) is 34.6 Å². The van der Waals surface area contributed by atoms with Crippen molar-refractivity contribution in [3.63, 3.8) is 0 Å². The quantitative estimate of drug-likeness (QED) is 0.854. The molecule has 126 valence electrons. The number of halogens is 2. The number of piperidine rings is 1. The van der Waals surface area contributed by atoms with Crippen LogP contribution in [0.15, 0.2) is 30.3 Å². The SMILES string of the molecule is O=C(O)N1CCC(c2ccccc2)CC1C1CCCC(F)(F)C1. The zero-order valence-corrected chi connectivity index (χ0v) is 13.1. The highest BCUT2D eigenvalue weighted by Crippen LogP contribution is 2.43. The second kappa shape index (κ2) is 6.46. The standard InChI is InChI=1S/C18H23F2NO2/c19-18(20)9-4-7-15(12-18)16-11-14(8-10-21(16)17(22)23)13-5-2-1-3-6-13/h1-3,5-6,14-16H,4,7-12H2,(H,22,23). The molecule has 3 unspecified atom stereocenters. The summed E-state index contributed by atoms with van der Waals surface area (Å²) in [6, 6.07) is 9.71. The van der Waals surface area contributed by atoms with E-state index in [0.717, 1.165) is 6.42 Å². The van der Waals surface area contributed by atoms with E-state index in [2.05, 4.69) is 0 Å². The zero-order chi connectivity index (χ0) is 16.4. The molecule has 2 aliphatic rings. The molecule has 0 radical (unpaired) electrons. The molecule has 0 spiro atoms. The summed E-state index contributed by atoms with van der Waals surface area (Å²) >= 11 is 0. The fraction of sp³-hybridized carbons (Fsp3) is 0.611. The Morgan fingerprint density at radius 2 is 1.96 bits per heavy atom. The Morgan fingerprint density at radius 3 is 2.61 bits per heavy atom. The van der Waals surface area contributed by atoms with Crippen molar-refractivity contribution < 1.29 is 18.7 Å². The van der Waals surface area contributed by atoms with Crippen molar-refractivity contribution in [2.45, 2.75) is 56.4 Å². The van der Waals surface area contributed by atoms with Gasteiger partial charge in [-0.25, -0.2) is 13.6 Å². The molecular weight excluding hydrogens is 300 g/mol. The number of rotatable bonds is 2. The number of alkyl halides is 2. The van der Waals surface area contributed by atoms with Crippen LogP contribution >= 0.6 is 0 Å². The molecule has 1 heterocycles. The average Bonchev–Trinajstić information content (AvgIpc) is 2.54. The highest BCUT2D eigenvalue weighted by molar-refractivity contribution is 5.65. The lowest BCUT2D eigenvalue weighted by Gasteiger charge is -2.44. The Labute approximate surface area is 135 Å². The van der Waals surface area contributed by atoms with Crippen LogP contribution in [0, 0.1) is 5.92 Å². The lowest BCUT2D eigenvalue weighted by molar-refractivity contribution is -0.0701. The molecular formula is C18H23F2NO2. The minimum atomic E-state index is -2.65. The number of carbonyl (C=O) groups is 1. The van der Waals surface area contributed by atoms with E-state index < -0.39 is 12.0 Å². The molecule has 1 saturated carbocycles. The van der Waals surface area contributed by atoms with Crippen LogP contribution in [0.5, 0.6) is 0 Å². The van der Waals surface area contributed by atoms with E-state index in [1.54, 1.807) is 0 Å². The van der Waals surface area contributed by atoms with Gasteiger partial charge in [-0.2, -0.15) is 0 Å². The van der Waals surface area contributed by atoms with Gasteiger partial charge in [-0.05, 0) is 43.1 Å². The van der Waals surface area contributed by atoms with Crippen molar-refractivity contribution in [1.29, 1.82) is 0 Å². The van der Waals surface area contributed by atoms with Gasteiger partial charge in [-0.3, -0.25) is 0 Å². The van der Waals surface area contributed by atoms with Gasteiger partial charge < -0.3 is 10.0 Å². The van der Waals surface area contributed by atoms with Crippen molar-refractivity contribution in [3.8, 4) is 0 Å². The molecule has 2 fully saturated rings. The number of likely N-dealkylation sites (tertiary alicyclic amines) is 1. The molecule has 1 aromatic carbocycles. The van der Waals surface area contributed by atoms with Crippen LogP contribution in [0.2, 0.25) is 0 Å². The Bertz CT molecular complexity index is 549. The molecule has 0 bridgehead atoms. The predicted molar refractivity (Wildman–Crippen MR) is 83.8 cm³/mol. The van der Waals surface area contributed by atoms with Gasteiger partial charge in [-0.15, -0.1) is 0 Å². The van der Waals surface area contributed by atoms with Crippen molar-refractivity contribution >= 4 is 6.09 Å². The van der Waals surface area contributed by atoms with Crippen LogP contribution in [-0.2, 0) is 0 Å². The summed E-state index contributed by atoms with van der Waals surface area (Å²) in [6.07, 6.45) is 1.38. The molecule has 1 saturated heterocycles. The van der Waals surface area contributed by atoms with Crippen LogP contribution in [0.4, 0.5) is 13.6 Å². The summed E-state index contributed by atoms with van der Waals surface area (Å²) in [5, 5.41) is 9.46. The molecule has 1 amide bonds. The Hall–Kier alpha value is -1.65. The van der Waals surface area contributed by atoms with Crippen LogP contribution in [0.25, 0.3) is 0 Å². The third-order valence-corrected chi connectivity index (χ3v) is 5.38. The van der Waals surface area contributed by atoms with Crippen molar-refractivity contribution in [2.75, 3.05) is 6.54 Å².